The minimum absolute atomic E-state index is 0.119. The molecule has 0 amide bonds. The lowest BCUT2D eigenvalue weighted by Crippen LogP contribution is -2.45. The minimum Gasteiger partial charge on any atom is -0.487 e. The van der Waals surface area contributed by atoms with E-state index in [-0.39, 0.29) is 5.60 Å². The predicted molar refractivity (Wildman–Crippen MR) is 79.5 cm³/mol. The third kappa shape index (κ3) is 4.46. The normalized spacial score (nSPS) is 23.4. The molecular weight excluding hydrogens is 224 g/mol. The highest BCUT2D eigenvalue weighted by Crippen LogP contribution is 2.39. The zero-order valence-electron chi connectivity index (χ0n) is 12.5. The van der Waals surface area contributed by atoms with Gasteiger partial charge < -0.3 is 15.8 Å². The summed E-state index contributed by atoms with van der Waals surface area (Å²) in [6, 6.07) is 0. The fourth-order valence-electron chi connectivity index (χ4n) is 2.36. The van der Waals surface area contributed by atoms with Gasteiger partial charge in [-0.25, -0.2) is 0 Å². The molecule has 3 nitrogen and oxygen atoms in total. The summed E-state index contributed by atoms with van der Waals surface area (Å²) in [4.78, 5) is 0. The minimum atomic E-state index is 0.119. The van der Waals surface area contributed by atoms with Crippen LogP contribution < -0.4 is 11.1 Å². The van der Waals surface area contributed by atoms with Crippen molar-refractivity contribution in [2.24, 2.45) is 5.73 Å². The van der Waals surface area contributed by atoms with Crippen molar-refractivity contribution in [3.05, 3.63) is 24.0 Å². The Balaban J connectivity index is 0.000000659. The zero-order valence-corrected chi connectivity index (χ0v) is 12.5. The van der Waals surface area contributed by atoms with E-state index in [9.17, 15) is 0 Å². The molecule has 1 spiro atoms. The summed E-state index contributed by atoms with van der Waals surface area (Å²) in [5.74, 6) is 1.03. The molecule has 2 fully saturated rings. The lowest BCUT2D eigenvalue weighted by molar-refractivity contribution is -0.0399. The summed E-state index contributed by atoms with van der Waals surface area (Å²) in [7, 11) is 1.50. The van der Waals surface area contributed by atoms with Crippen LogP contribution in [-0.2, 0) is 4.74 Å². The average molecular weight is 254 g/mol. The molecule has 0 unspecified atom stereocenters. The second-order valence-corrected chi connectivity index (χ2v) is 4.29. The smallest absolute Gasteiger partial charge is 0.118 e. The summed E-state index contributed by atoms with van der Waals surface area (Å²) in [5, 5.41) is 3.38. The Labute approximate surface area is 112 Å². The van der Waals surface area contributed by atoms with Crippen LogP contribution in [-0.4, -0.2) is 25.7 Å². The van der Waals surface area contributed by atoms with E-state index in [1.54, 1.807) is 0 Å². The number of nitrogens with two attached hydrogens (primary N) is 1. The molecule has 0 atom stereocenters. The predicted octanol–water partition coefficient (Wildman–Crippen LogP) is 2.98. The van der Waals surface area contributed by atoms with Crippen LogP contribution in [0.4, 0.5) is 0 Å². The Bertz CT molecular complexity index is 266. The average Bonchev–Trinajstić information content (AvgIpc) is 2.47. The molecule has 0 radical (unpaired) electrons. The highest BCUT2D eigenvalue weighted by molar-refractivity contribution is 5.26. The molecule has 3 heteroatoms. The van der Waals surface area contributed by atoms with Crippen LogP contribution in [0.3, 0.4) is 0 Å². The summed E-state index contributed by atoms with van der Waals surface area (Å²) in [5.41, 5.74) is 5.78. The number of hydrogen-bond donors (Lipinski definition) is 2. The summed E-state index contributed by atoms with van der Waals surface area (Å²) in [6.45, 7) is 12.2. The number of nitrogens with one attached hydrogen (secondary N) is 1. The standard InChI is InChI=1S/C12H19NO.C2H6.CH5N/c1-3-11-10(2)4-5-12(14-11)6-8-13-9-7-12;2*1-2/h3,13H,2,4-9H2,1H3;1-2H3;2H2,1H3/b11-3+;;. The second kappa shape index (κ2) is 9.17. The lowest BCUT2D eigenvalue weighted by Gasteiger charge is -2.42. The van der Waals surface area contributed by atoms with Gasteiger partial charge in [0.15, 0.2) is 0 Å². The van der Waals surface area contributed by atoms with Crippen LogP contribution in [0.5, 0.6) is 0 Å². The molecule has 18 heavy (non-hydrogen) atoms. The molecule has 0 aromatic heterocycles. The zero-order chi connectivity index (χ0) is 14.0. The lowest BCUT2D eigenvalue weighted by atomic mass is 9.83. The Morgan fingerprint density at radius 2 is 1.78 bits per heavy atom. The fourth-order valence-corrected chi connectivity index (χ4v) is 2.36. The van der Waals surface area contributed by atoms with Crippen LogP contribution in [0.15, 0.2) is 24.0 Å². The van der Waals surface area contributed by atoms with Gasteiger partial charge in [0, 0.05) is 0 Å². The molecule has 2 heterocycles. The van der Waals surface area contributed by atoms with E-state index < -0.39 is 0 Å². The van der Waals surface area contributed by atoms with Gasteiger partial charge in [-0.2, -0.15) is 0 Å². The molecule has 106 valence electrons. The van der Waals surface area contributed by atoms with E-state index in [0.717, 1.165) is 50.1 Å². The summed E-state index contributed by atoms with van der Waals surface area (Å²) in [6.07, 6.45) is 6.56. The number of hydrogen-bond acceptors (Lipinski definition) is 3. The van der Waals surface area contributed by atoms with Gasteiger partial charge in [-0.05, 0) is 64.4 Å². The Hall–Kier alpha value is -0.800. The molecule has 0 aromatic rings. The van der Waals surface area contributed by atoms with Gasteiger partial charge in [-0.1, -0.05) is 20.4 Å². The van der Waals surface area contributed by atoms with Gasteiger partial charge >= 0.3 is 0 Å². The number of allylic oxidation sites excluding steroid dienone is 2. The molecule has 2 rings (SSSR count). The van der Waals surface area contributed by atoms with Gasteiger partial charge in [0.25, 0.3) is 0 Å². The van der Waals surface area contributed by atoms with Crippen molar-refractivity contribution >= 4 is 0 Å². The topological polar surface area (TPSA) is 47.3 Å². The first-order chi connectivity index (χ1) is 8.76. The van der Waals surface area contributed by atoms with Crippen molar-refractivity contribution in [2.45, 2.75) is 52.1 Å². The Morgan fingerprint density at radius 3 is 2.28 bits per heavy atom. The molecule has 2 saturated heterocycles. The first-order valence-corrected chi connectivity index (χ1v) is 7.08. The maximum absolute atomic E-state index is 6.10. The van der Waals surface area contributed by atoms with Gasteiger partial charge in [0.2, 0.25) is 0 Å². The molecule has 0 bridgehead atoms. The van der Waals surface area contributed by atoms with Crippen molar-refractivity contribution in [1.82, 2.24) is 5.32 Å². The number of ether oxygens (including phenoxy) is 1. The fraction of sp³-hybridized carbons (Fsp3) is 0.733. The van der Waals surface area contributed by atoms with E-state index in [2.05, 4.69) is 17.6 Å². The van der Waals surface area contributed by atoms with Gasteiger partial charge in [0.05, 0.1) is 0 Å². The van der Waals surface area contributed by atoms with E-state index in [0.29, 0.717) is 0 Å². The molecule has 0 saturated carbocycles. The van der Waals surface area contributed by atoms with E-state index in [1.807, 2.05) is 26.8 Å². The molecule has 0 aliphatic carbocycles. The van der Waals surface area contributed by atoms with Crippen LogP contribution in [0.1, 0.15) is 46.5 Å². The van der Waals surface area contributed by atoms with Crippen molar-refractivity contribution in [3.8, 4) is 0 Å². The molecule has 2 aliphatic rings. The van der Waals surface area contributed by atoms with Crippen LogP contribution in [0, 0.1) is 0 Å². The van der Waals surface area contributed by atoms with Crippen molar-refractivity contribution in [1.29, 1.82) is 0 Å². The van der Waals surface area contributed by atoms with E-state index in [1.165, 1.54) is 7.05 Å². The highest BCUT2D eigenvalue weighted by Gasteiger charge is 2.37. The first kappa shape index (κ1) is 17.2. The molecule has 2 aliphatic heterocycles. The highest BCUT2D eigenvalue weighted by atomic mass is 16.5. The number of rotatable bonds is 0. The van der Waals surface area contributed by atoms with Crippen LogP contribution >= 0.6 is 0 Å². The molecular formula is C15H30N2O. The maximum atomic E-state index is 6.10. The first-order valence-electron chi connectivity index (χ1n) is 7.08. The maximum Gasteiger partial charge on any atom is 0.118 e. The largest absolute Gasteiger partial charge is 0.487 e. The van der Waals surface area contributed by atoms with Crippen LogP contribution in [0.2, 0.25) is 0 Å². The molecule has 0 aromatic carbocycles. The van der Waals surface area contributed by atoms with E-state index in [4.69, 9.17) is 4.74 Å². The van der Waals surface area contributed by atoms with Crippen molar-refractivity contribution in [3.63, 3.8) is 0 Å². The van der Waals surface area contributed by atoms with Gasteiger partial charge in [-0.3, -0.25) is 0 Å². The third-order valence-corrected chi connectivity index (χ3v) is 3.33. The summed E-state index contributed by atoms with van der Waals surface area (Å²) >= 11 is 0. The number of piperidine rings is 1. The van der Waals surface area contributed by atoms with Gasteiger partial charge in [0.1, 0.15) is 11.4 Å². The summed E-state index contributed by atoms with van der Waals surface area (Å²) < 4.78 is 6.10. The second-order valence-electron chi connectivity index (χ2n) is 4.29. The monoisotopic (exact) mass is 254 g/mol. The SMILES string of the molecule is C=C1CCC2(CCNCC2)O/C1=C/C.CC.CN. The van der Waals surface area contributed by atoms with Crippen molar-refractivity contribution in [2.75, 3.05) is 20.1 Å². The molecule has 3 N–H and O–H groups in total. The van der Waals surface area contributed by atoms with Crippen molar-refractivity contribution < 1.29 is 4.74 Å². The Morgan fingerprint density at radius 1 is 1.22 bits per heavy atom. The van der Waals surface area contributed by atoms with E-state index >= 15 is 0 Å². The van der Waals surface area contributed by atoms with Gasteiger partial charge in [-0.15, -0.1) is 0 Å². The Kier molecular flexibility index (Phi) is 8.77. The third-order valence-electron chi connectivity index (χ3n) is 3.33. The van der Waals surface area contributed by atoms with Crippen LogP contribution in [0.25, 0.3) is 0 Å². The quantitative estimate of drug-likeness (QED) is 0.698.